The van der Waals surface area contributed by atoms with Crippen molar-refractivity contribution in [3.63, 3.8) is 0 Å². The van der Waals surface area contributed by atoms with E-state index in [2.05, 4.69) is 25.6 Å². The molecule has 0 radical (unpaired) electrons. The second kappa shape index (κ2) is 10.9. The molecule has 0 spiro atoms. The minimum absolute atomic E-state index is 0.309. The van der Waals surface area contributed by atoms with E-state index in [0.717, 1.165) is 27.8 Å². The van der Waals surface area contributed by atoms with Crippen molar-refractivity contribution in [2.75, 3.05) is 11.9 Å². The molecule has 1 unspecified atom stereocenters. The number of carbonyl (C=O) groups is 1. The summed E-state index contributed by atoms with van der Waals surface area (Å²) in [5.41, 5.74) is 3.34. The molecule has 0 aliphatic rings. The summed E-state index contributed by atoms with van der Waals surface area (Å²) < 4.78 is 5.83. The van der Waals surface area contributed by atoms with Gasteiger partial charge in [0.05, 0.1) is 16.7 Å². The molecule has 9 heteroatoms. The number of hydrogen-bond donors (Lipinski definition) is 3. The quantitative estimate of drug-likeness (QED) is 0.318. The zero-order valence-electron chi connectivity index (χ0n) is 19.2. The second-order valence-electron chi connectivity index (χ2n) is 7.83. The van der Waals surface area contributed by atoms with Gasteiger partial charge in [-0.2, -0.15) is 0 Å². The van der Waals surface area contributed by atoms with Crippen LogP contribution in [0.1, 0.15) is 18.2 Å². The summed E-state index contributed by atoms with van der Waals surface area (Å²) in [6.45, 7) is 3.64. The standard InChI is InChI=1S/C26H24ClN5O3/c1-16-5-8-20(14-29-16)35-24-10-7-19(13-22(24)27)32-25-21-12-18(6-9-23(21)30-15-31-25)4-3-11-28-26(34)17(2)33/h3-10,12-15,17,33H,11H2,1-2H3,(H,28,34)(H,30,31,32)/b4-3+. The minimum atomic E-state index is -1.04. The highest BCUT2D eigenvalue weighted by atomic mass is 35.5. The number of halogens is 1. The smallest absolute Gasteiger partial charge is 0.248 e. The Morgan fingerprint density at radius 2 is 2.00 bits per heavy atom. The SMILES string of the molecule is Cc1ccc(Oc2ccc(Nc3ncnc4ccc(/C=C/CNC(=O)C(C)O)cc34)cc2Cl)cn1. The van der Waals surface area contributed by atoms with Crippen LogP contribution >= 0.6 is 11.6 Å². The third-order valence-corrected chi connectivity index (χ3v) is 5.35. The molecule has 0 aliphatic heterocycles. The lowest BCUT2D eigenvalue weighted by molar-refractivity contribution is -0.128. The number of amides is 1. The molecule has 2 aromatic heterocycles. The predicted octanol–water partition coefficient (Wildman–Crippen LogP) is 5.03. The summed E-state index contributed by atoms with van der Waals surface area (Å²) in [5, 5.41) is 16.4. The third kappa shape index (κ3) is 6.32. The number of carbonyl (C=O) groups excluding carboxylic acids is 1. The van der Waals surface area contributed by atoms with E-state index in [1.165, 1.54) is 13.3 Å². The first-order valence-electron chi connectivity index (χ1n) is 10.9. The van der Waals surface area contributed by atoms with Gasteiger partial charge in [-0.05, 0) is 61.9 Å². The Kier molecular flexibility index (Phi) is 7.54. The third-order valence-electron chi connectivity index (χ3n) is 5.05. The number of nitrogens with zero attached hydrogens (tertiary/aromatic N) is 3. The Hall–Kier alpha value is -4.01. The molecule has 3 N–H and O–H groups in total. The molecule has 1 atom stereocenters. The van der Waals surface area contributed by atoms with Gasteiger partial charge < -0.3 is 20.5 Å². The zero-order valence-corrected chi connectivity index (χ0v) is 20.0. The number of anilines is 2. The van der Waals surface area contributed by atoms with Crippen LogP contribution in [0.2, 0.25) is 5.02 Å². The summed E-state index contributed by atoms with van der Waals surface area (Å²) in [6, 6.07) is 14.9. The molecular weight excluding hydrogens is 466 g/mol. The maximum atomic E-state index is 11.5. The fourth-order valence-corrected chi connectivity index (χ4v) is 3.44. The van der Waals surface area contributed by atoms with E-state index in [1.807, 2.05) is 49.4 Å². The minimum Gasteiger partial charge on any atom is -0.454 e. The molecule has 0 bridgehead atoms. The van der Waals surface area contributed by atoms with Crippen LogP contribution in [0.25, 0.3) is 17.0 Å². The molecule has 0 fully saturated rings. The van der Waals surface area contributed by atoms with Gasteiger partial charge in [0.2, 0.25) is 5.91 Å². The maximum Gasteiger partial charge on any atom is 0.248 e. The van der Waals surface area contributed by atoms with Crippen LogP contribution < -0.4 is 15.4 Å². The normalized spacial score (nSPS) is 12.0. The molecule has 0 saturated carbocycles. The van der Waals surface area contributed by atoms with Gasteiger partial charge in [0.15, 0.2) is 0 Å². The number of pyridine rings is 1. The Morgan fingerprint density at radius 3 is 2.74 bits per heavy atom. The number of aliphatic hydroxyl groups excluding tert-OH is 1. The molecule has 0 aliphatic carbocycles. The van der Waals surface area contributed by atoms with Crippen molar-refractivity contribution in [3.05, 3.63) is 83.4 Å². The number of aliphatic hydroxyl groups is 1. The molecule has 1 amide bonds. The largest absolute Gasteiger partial charge is 0.454 e. The van der Waals surface area contributed by atoms with Gasteiger partial charge >= 0.3 is 0 Å². The van der Waals surface area contributed by atoms with E-state index in [0.29, 0.717) is 28.9 Å². The van der Waals surface area contributed by atoms with Gasteiger partial charge in [-0.3, -0.25) is 9.78 Å². The van der Waals surface area contributed by atoms with Crippen LogP contribution in [-0.2, 0) is 4.79 Å². The number of ether oxygens (including phenoxy) is 1. The van der Waals surface area contributed by atoms with Crippen LogP contribution in [0.4, 0.5) is 11.5 Å². The van der Waals surface area contributed by atoms with Gasteiger partial charge in [-0.25, -0.2) is 9.97 Å². The number of aromatic nitrogens is 3. The van der Waals surface area contributed by atoms with E-state index in [4.69, 9.17) is 16.3 Å². The predicted molar refractivity (Wildman–Crippen MR) is 137 cm³/mol. The van der Waals surface area contributed by atoms with Gasteiger partial charge in [-0.1, -0.05) is 29.8 Å². The summed E-state index contributed by atoms with van der Waals surface area (Å²) in [5.74, 6) is 1.33. The Balaban J connectivity index is 1.50. The zero-order chi connectivity index (χ0) is 24.8. The Morgan fingerprint density at radius 1 is 1.14 bits per heavy atom. The molecule has 2 aromatic carbocycles. The molecule has 4 aromatic rings. The average molecular weight is 490 g/mol. The first-order valence-corrected chi connectivity index (χ1v) is 11.3. The number of benzene rings is 2. The lowest BCUT2D eigenvalue weighted by atomic mass is 10.1. The number of aryl methyl sites for hydroxylation is 1. The monoisotopic (exact) mass is 489 g/mol. The van der Waals surface area contributed by atoms with Crippen LogP contribution in [-0.4, -0.2) is 38.6 Å². The average Bonchev–Trinajstić information content (AvgIpc) is 2.85. The van der Waals surface area contributed by atoms with E-state index < -0.39 is 12.0 Å². The molecule has 8 nitrogen and oxygen atoms in total. The summed E-state index contributed by atoms with van der Waals surface area (Å²) in [6.07, 6.45) is 5.79. The molecule has 4 rings (SSSR count). The highest BCUT2D eigenvalue weighted by Crippen LogP contribution is 2.33. The number of hydrogen-bond acceptors (Lipinski definition) is 7. The number of nitrogens with one attached hydrogen (secondary N) is 2. The Bertz CT molecular complexity index is 1370. The van der Waals surface area contributed by atoms with E-state index in [9.17, 15) is 9.90 Å². The fraction of sp³-hybridized carbons (Fsp3) is 0.154. The van der Waals surface area contributed by atoms with Crippen LogP contribution in [0.5, 0.6) is 11.5 Å². The van der Waals surface area contributed by atoms with Gasteiger partial charge in [0.25, 0.3) is 0 Å². The van der Waals surface area contributed by atoms with Crippen molar-refractivity contribution < 1.29 is 14.6 Å². The van der Waals surface area contributed by atoms with Crippen molar-refractivity contribution in [1.29, 1.82) is 0 Å². The highest BCUT2D eigenvalue weighted by molar-refractivity contribution is 6.32. The lowest BCUT2D eigenvalue weighted by Crippen LogP contribution is -2.32. The van der Waals surface area contributed by atoms with E-state index in [1.54, 1.807) is 24.4 Å². The van der Waals surface area contributed by atoms with Crippen molar-refractivity contribution in [2.24, 2.45) is 0 Å². The van der Waals surface area contributed by atoms with E-state index in [-0.39, 0.29) is 0 Å². The van der Waals surface area contributed by atoms with Crippen molar-refractivity contribution in [2.45, 2.75) is 20.0 Å². The molecular formula is C26H24ClN5O3. The first kappa shape index (κ1) is 24.1. The molecule has 0 saturated heterocycles. The summed E-state index contributed by atoms with van der Waals surface area (Å²) >= 11 is 6.46. The van der Waals surface area contributed by atoms with Crippen molar-refractivity contribution in [3.8, 4) is 11.5 Å². The summed E-state index contributed by atoms with van der Waals surface area (Å²) in [4.78, 5) is 24.4. The van der Waals surface area contributed by atoms with Gasteiger partial charge in [-0.15, -0.1) is 0 Å². The first-order chi connectivity index (χ1) is 16.9. The second-order valence-corrected chi connectivity index (χ2v) is 8.24. The van der Waals surface area contributed by atoms with Crippen molar-refractivity contribution >= 4 is 46.0 Å². The Labute approximate surface area is 207 Å². The summed E-state index contributed by atoms with van der Waals surface area (Å²) in [7, 11) is 0. The molecule has 178 valence electrons. The fourth-order valence-electron chi connectivity index (χ4n) is 3.22. The number of rotatable bonds is 8. The lowest BCUT2D eigenvalue weighted by Gasteiger charge is -2.12. The molecule has 2 heterocycles. The topological polar surface area (TPSA) is 109 Å². The van der Waals surface area contributed by atoms with Crippen molar-refractivity contribution in [1.82, 2.24) is 20.3 Å². The number of fused-ring (bicyclic) bond motifs is 1. The van der Waals surface area contributed by atoms with Gasteiger partial charge in [0, 0.05) is 23.3 Å². The van der Waals surface area contributed by atoms with E-state index >= 15 is 0 Å². The van der Waals surface area contributed by atoms with Crippen LogP contribution in [0.3, 0.4) is 0 Å². The maximum absolute atomic E-state index is 11.5. The van der Waals surface area contributed by atoms with Crippen LogP contribution in [0, 0.1) is 6.92 Å². The molecule has 35 heavy (non-hydrogen) atoms. The van der Waals surface area contributed by atoms with Gasteiger partial charge in [0.1, 0.15) is 29.7 Å². The highest BCUT2D eigenvalue weighted by Gasteiger charge is 2.09. The van der Waals surface area contributed by atoms with Crippen LogP contribution in [0.15, 0.2) is 67.1 Å².